The van der Waals surface area contributed by atoms with E-state index in [0.29, 0.717) is 0 Å². The Morgan fingerprint density at radius 3 is 2.59 bits per heavy atom. The van der Waals surface area contributed by atoms with Gasteiger partial charge in [0.2, 0.25) is 5.56 Å². The molecule has 0 radical (unpaired) electrons. The van der Waals surface area contributed by atoms with Gasteiger partial charge in [0.1, 0.15) is 0 Å². The zero-order valence-corrected chi connectivity index (χ0v) is 9.87. The van der Waals surface area contributed by atoms with E-state index in [4.69, 9.17) is 0 Å². The second-order valence-electron chi connectivity index (χ2n) is 4.46. The molecule has 0 amide bonds. The Balaban J connectivity index is 2.64. The summed E-state index contributed by atoms with van der Waals surface area (Å²) in [5.41, 5.74) is 3.08. The SMILES string of the molecule is Cc1cc(=O)[nH]c2c(C)c3ccccc3cc12. The van der Waals surface area contributed by atoms with Crippen LogP contribution in [0.3, 0.4) is 0 Å². The predicted octanol–water partition coefficient (Wildman–Crippen LogP) is 3.30. The fourth-order valence-corrected chi connectivity index (χ4v) is 2.43. The Bertz CT molecular complexity index is 784. The third-order valence-corrected chi connectivity index (χ3v) is 3.33. The van der Waals surface area contributed by atoms with Crippen molar-refractivity contribution in [3.8, 4) is 0 Å². The minimum absolute atomic E-state index is 0.0339. The van der Waals surface area contributed by atoms with Crippen molar-refractivity contribution in [3.05, 3.63) is 57.9 Å². The molecule has 3 rings (SSSR count). The molecule has 0 fully saturated rings. The van der Waals surface area contributed by atoms with Crippen molar-refractivity contribution in [2.24, 2.45) is 0 Å². The van der Waals surface area contributed by atoms with Gasteiger partial charge in [-0.05, 0) is 41.8 Å². The first-order chi connectivity index (χ1) is 8.16. The topological polar surface area (TPSA) is 32.9 Å². The Morgan fingerprint density at radius 2 is 1.76 bits per heavy atom. The number of benzene rings is 2. The second-order valence-corrected chi connectivity index (χ2v) is 4.46. The molecule has 2 aromatic carbocycles. The molecule has 2 heteroatoms. The highest BCUT2D eigenvalue weighted by molar-refractivity contribution is 6.01. The van der Waals surface area contributed by atoms with Gasteiger partial charge in [-0.15, -0.1) is 0 Å². The summed E-state index contributed by atoms with van der Waals surface area (Å²) in [4.78, 5) is 14.5. The quantitative estimate of drug-likeness (QED) is 0.583. The molecule has 0 aliphatic carbocycles. The zero-order chi connectivity index (χ0) is 12.0. The lowest BCUT2D eigenvalue weighted by Crippen LogP contribution is -2.05. The van der Waals surface area contributed by atoms with Crippen LogP contribution in [0, 0.1) is 13.8 Å². The van der Waals surface area contributed by atoms with Gasteiger partial charge in [0.25, 0.3) is 0 Å². The first-order valence-corrected chi connectivity index (χ1v) is 5.69. The molecule has 0 saturated carbocycles. The first kappa shape index (κ1) is 10.1. The van der Waals surface area contributed by atoms with E-state index in [2.05, 4.69) is 30.1 Å². The number of rotatable bonds is 0. The smallest absolute Gasteiger partial charge is 0.248 e. The average Bonchev–Trinajstić information content (AvgIpc) is 2.31. The molecule has 0 aliphatic rings. The van der Waals surface area contributed by atoms with E-state index in [1.165, 1.54) is 10.8 Å². The third-order valence-electron chi connectivity index (χ3n) is 3.33. The Kier molecular flexibility index (Phi) is 2.05. The summed E-state index contributed by atoms with van der Waals surface area (Å²) >= 11 is 0. The van der Waals surface area contributed by atoms with Crippen molar-refractivity contribution >= 4 is 21.7 Å². The molecule has 0 unspecified atom stereocenters. The van der Waals surface area contributed by atoms with Gasteiger partial charge in [-0.1, -0.05) is 24.3 Å². The highest BCUT2D eigenvalue weighted by Crippen LogP contribution is 2.27. The van der Waals surface area contributed by atoms with Gasteiger partial charge in [-0.25, -0.2) is 0 Å². The lowest BCUT2D eigenvalue weighted by molar-refractivity contribution is 1.27. The molecule has 0 saturated heterocycles. The van der Waals surface area contributed by atoms with Crippen LogP contribution in [0.25, 0.3) is 21.7 Å². The van der Waals surface area contributed by atoms with E-state index in [1.54, 1.807) is 6.07 Å². The highest BCUT2D eigenvalue weighted by Gasteiger charge is 2.06. The predicted molar refractivity (Wildman–Crippen MR) is 71.5 cm³/mol. The number of nitrogens with one attached hydrogen (secondary N) is 1. The normalized spacial score (nSPS) is 11.2. The second kappa shape index (κ2) is 3.45. The molecule has 1 aromatic heterocycles. The third kappa shape index (κ3) is 1.45. The number of aromatic amines is 1. The van der Waals surface area contributed by atoms with E-state index in [9.17, 15) is 4.79 Å². The number of aromatic nitrogens is 1. The maximum Gasteiger partial charge on any atom is 0.248 e. The number of aryl methyl sites for hydroxylation is 2. The molecule has 17 heavy (non-hydrogen) atoms. The van der Waals surface area contributed by atoms with Crippen LogP contribution in [0.4, 0.5) is 0 Å². The molecule has 3 aromatic rings. The lowest BCUT2D eigenvalue weighted by atomic mass is 9.99. The summed E-state index contributed by atoms with van der Waals surface area (Å²) in [6.45, 7) is 4.03. The monoisotopic (exact) mass is 223 g/mol. The number of hydrogen-bond acceptors (Lipinski definition) is 1. The zero-order valence-electron chi connectivity index (χ0n) is 9.87. The standard InChI is InChI=1S/C15H13NO/c1-9-7-14(17)16-15-10(2)12-6-4-3-5-11(12)8-13(9)15/h3-8H,1-2H3,(H,16,17). The fraction of sp³-hybridized carbons (Fsp3) is 0.133. The summed E-state index contributed by atoms with van der Waals surface area (Å²) in [7, 11) is 0. The number of pyridine rings is 1. The Morgan fingerprint density at radius 1 is 1.00 bits per heavy atom. The van der Waals surface area contributed by atoms with Gasteiger partial charge in [-0.2, -0.15) is 0 Å². The minimum Gasteiger partial charge on any atom is -0.322 e. The summed E-state index contributed by atoms with van der Waals surface area (Å²) in [5.74, 6) is 0. The van der Waals surface area contributed by atoms with Crippen molar-refractivity contribution in [3.63, 3.8) is 0 Å². The molecule has 1 heterocycles. The highest BCUT2D eigenvalue weighted by atomic mass is 16.1. The van der Waals surface area contributed by atoms with E-state index in [1.807, 2.05) is 19.1 Å². The average molecular weight is 223 g/mol. The van der Waals surface area contributed by atoms with E-state index in [-0.39, 0.29) is 5.56 Å². The summed E-state index contributed by atoms with van der Waals surface area (Å²) in [6.07, 6.45) is 0. The molecule has 2 nitrogen and oxygen atoms in total. The van der Waals surface area contributed by atoms with Gasteiger partial charge >= 0.3 is 0 Å². The van der Waals surface area contributed by atoms with Crippen LogP contribution in [-0.2, 0) is 0 Å². The first-order valence-electron chi connectivity index (χ1n) is 5.69. The van der Waals surface area contributed by atoms with Crippen LogP contribution >= 0.6 is 0 Å². The summed E-state index contributed by atoms with van der Waals surface area (Å²) < 4.78 is 0. The Labute approximate surface area is 98.9 Å². The molecular weight excluding hydrogens is 210 g/mol. The van der Waals surface area contributed by atoms with Gasteiger partial charge in [0, 0.05) is 11.5 Å². The van der Waals surface area contributed by atoms with Crippen LogP contribution in [0.5, 0.6) is 0 Å². The molecule has 1 N–H and O–H groups in total. The van der Waals surface area contributed by atoms with Crippen molar-refractivity contribution in [2.75, 3.05) is 0 Å². The summed E-state index contributed by atoms with van der Waals surface area (Å²) in [5, 5.41) is 3.54. The van der Waals surface area contributed by atoms with Gasteiger partial charge in [-0.3, -0.25) is 4.79 Å². The number of hydrogen-bond donors (Lipinski definition) is 1. The molecule has 0 bridgehead atoms. The maximum atomic E-state index is 11.5. The fourth-order valence-electron chi connectivity index (χ4n) is 2.43. The molecule has 0 spiro atoms. The van der Waals surface area contributed by atoms with Gasteiger partial charge in [0.15, 0.2) is 0 Å². The van der Waals surface area contributed by atoms with Gasteiger partial charge < -0.3 is 4.98 Å². The van der Waals surface area contributed by atoms with Crippen molar-refractivity contribution < 1.29 is 0 Å². The largest absolute Gasteiger partial charge is 0.322 e. The van der Waals surface area contributed by atoms with Crippen LogP contribution in [0.1, 0.15) is 11.1 Å². The maximum absolute atomic E-state index is 11.5. The van der Waals surface area contributed by atoms with E-state index in [0.717, 1.165) is 22.0 Å². The van der Waals surface area contributed by atoms with Crippen LogP contribution in [0.15, 0.2) is 41.2 Å². The Hall–Kier alpha value is -2.09. The van der Waals surface area contributed by atoms with Crippen LogP contribution in [-0.4, -0.2) is 4.98 Å². The van der Waals surface area contributed by atoms with E-state index < -0.39 is 0 Å². The van der Waals surface area contributed by atoms with Crippen molar-refractivity contribution in [1.29, 1.82) is 0 Å². The van der Waals surface area contributed by atoms with Gasteiger partial charge in [0.05, 0.1) is 5.52 Å². The summed E-state index contributed by atoms with van der Waals surface area (Å²) in [6, 6.07) is 12.0. The van der Waals surface area contributed by atoms with Crippen LogP contribution < -0.4 is 5.56 Å². The van der Waals surface area contributed by atoms with Crippen LogP contribution in [0.2, 0.25) is 0 Å². The number of H-pyrrole nitrogens is 1. The molecule has 0 atom stereocenters. The van der Waals surface area contributed by atoms with Crippen molar-refractivity contribution in [1.82, 2.24) is 4.98 Å². The lowest BCUT2D eigenvalue weighted by Gasteiger charge is -2.08. The molecular formula is C15H13NO. The molecule has 84 valence electrons. The molecule has 0 aliphatic heterocycles. The minimum atomic E-state index is -0.0339. The number of fused-ring (bicyclic) bond motifs is 2. The van der Waals surface area contributed by atoms with E-state index >= 15 is 0 Å². The van der Waals surface area contributed by atoms with Crippen molar-refractivity contribution in [2.45, 2.75) is 13.8 Å².